The number of aliphatic hydroxyl groups is 2. The molecule has 0 spiro atoms. The molecule has 2 atom stereocenters. The summed E-state index contributed by atoms with van der Waals surface area (Å²) in [5.41, 5.74) is 1.46. The van der Waals surface area contributed by atoms with Crippen molar-refractivity contribution in [2.75, 3.05) is 26.9 Å². The summed E-state index contributed by atoms with van der Waals surface area (Å²) in [5.74, 6) is 0.658. The number of hydrogen-bond donors (Lipinski definition) is 3. The minimum absolute atomic E-state index is 0.177. The molecule has 0 aliphatic heterocycles. The maximum absolute atomic E-state index is 11.7. The lowest BCUT2D eigenvalue weighted by Gasteiger charge is -2.18. The van der Waals surface area contributed by atoms with Gasteiger partial charge in [-0.3, -0.25) is 0 Å². The van der Waals surface area contributed by atoms with Gasteiger partial charge >= 0.3 is 6.09 Å². The Balaban J connectivity index is 1.68. The smallest absolute Gasteiger partial charge is 0.407 e. The van der Waals surface area contributed by atoms with Crippen molar-refractivity contribution in [3.63, 3.8) is 0 Å². The second kappa shape index (κ2) is 12.0. The summed E-state index contributed by atoms with van der Waals surface area (Å²) in [5, 5.41) is 23.0. The van der Waals surface area contributed by atoms with Gasteiger partial charge in [-0.2, -0.15) is 0 Å². The van der Waals surface area contributed by atoms with Crippen LogP contribution in [0.2, 0.25) is 0 Å². The number of alkyl carbamates (subject to hydrolysis) is 1. The third kappa shape index (κ3) is 7.56. The Kier molecular flexibility index (Phi) is 9.27. The van der Waals surface area contributed by atoms with Crippen molar-refractivity contribution in [2.45, 2.75) is 25.2 Å². The highest BCUT2D eigenvalue weighted by Gasteiger charge is 2.18. The third-order valence-electron chi connectivity index (χ3n) is 4.06. The minimum Gasteiger partial charge on any atom is -0.491 e. The van der Waals surface area contributed by atoms with Crippen molar-refractivity contribution < 1.29 is 29.2 Å². The SMILES string of the molecule is COCCOc1ccc(C(O)C(O)CCNC(=O)OCc2ccccc2)cc1. The topological polar surface area (TPSA) is 97.3 Å². The second-order valence-corrected chi connectivity index (χ2v) is 6.20. The van der Waals surface area contributed by atoms with Crippen LogP contribution in [-0.4, -0.2) is 49.3 Å². The maximum atomic E-state index is 11.7. The van der Waals surface area contributed by atoms with E-state index in [1.54, 1.807) is 31.4 Å². The second-order valence-electron chi connectivity index (χ2n) is 6.20. The molecule has 0 fully saturated rings. The molecule has 0 aliphatic carbocycles. The van der Waals surface area contributed by atoms with E-state index < -0.39 is 18.3 Å². The van der Waals surface area contributed by atoms with E-state index in [1.807, 2.05) is 30.3 Å². The normalized spacial score (nSPS) is 12.8. The zero-order valence-corrected chi connectivity index (χ0v) is 15.9. The summed E-state index contributed by atoms with van der Waals surface area (Å²) in [6.45, 7) is 1.29. The standard InChI is InChI=1S/C21H27NO6/c1-26-13-14-27-18-9-7-17(8-10-18)20(24)19(23)11-12-22-21(25)28-15-16-5-3-2-4-6-16/h2-10,19-20,23-24H,11-15H2,1H3,(H,22,25). The van der Waals surface area contributed by atoms with Gasteiger partial charge in [-0.05, 0) is 29.7 Å². The van der Waals surface area contributed by atoms with Crippen molar-refractivity contribution in [3.05, 3.63) is 65.7 Å². The molecule has 0 heterocycles. The Morgan fingerprint density at radius 3 is 2.43 bits per heavy atom. The van der Waals surface area contributed by atoms with Crippen molar-refractivity contribution in [1.29, 1.82) is 0 Å². The zero-order chi connectivity index (χ0) is 20.2. The Morgan fingerprint density at radius 2 is 1.75 bits per heavy atom. The highest BCUT2D eigenvalue weighted by atomic mass is 16.5. The molecule has 3 N–H and O–H groups in total. The molecule has 1 amide bonds. The van der Waals surface area contributed by atoms with Gasteiger partial charge in [-0.25, -0.2) is 4.79 Å². The molecule has 2 unspecified atom stereocenters. The highest BCUT2D eigenvalue weighted by molar-refractivity contribution is 5.67. The van der Waals surface area contributed by atoms with E-state index in [4.69, 9.17) is 14.2 Å². The van der Waals surface area contributed by atoms with E-state index >= 15 is 0 Å². The van der Waals surface area contributed by atoms with Gasteiger partial charge < -0.3 is 29.7 Å². The molecule has 7 nitrogen and oxygen atoms in total. The van der Waals surface area contributed by atoms with Crippen LogP contribution >= 0.6 is 0 Å². The summed E-state index contributed by atoms with van der Waals surface area (Å²) in [4.78, 5) is 11.7. The average molecular weight is 389 g/mol. The van der Waals surface area contributed by atoms with Crippen molar-refractivity contribution in [3.8, 4) is 5.75 Å². The molecular formula is C21H27NO6. The van der Waals surface area contributed by atoms with E-state index in [0.29, 0.717) is 24.5 Å². The Labute approximate surface area is 164 Å². The first-order valence-corrected chi connectivity index (χ1v) is 9.12. The van der Waals surface area contributed by atoms with E-state index in [1.165, 1.54) is 0 Å². The Hall–Kier alpha value is -2.61. The number of carbonyl (C=O) groups is 1. The van der Waals surface area contributed by atoms with Crippen molar-refractivity contribution >= 4 is 6.09 Å². The van der Waals surface area contributed by atoms with Gasteiger partial charge in [0.05, 0.1) is 12.7 Å². The van der Waals surface area contributed by atoms with Gasteiger partial charge in [0.25, 0.3) is 0 Å². The molecule has 2 rings (SSSR count). The average Bonchev–Trinajstić information content (AvgIpc) is 2.73. The fourth-order valence-electron chi connectivity index (χ4n) is 2.48. The van der Waals surface area contributed by atoms with E-state index in [0.717, 1.165) is 5.56 Å². The Bertz CT molecular complexity index is 692. The summed E-state index contributed by atoms with van der Waals surface area (Å²) in [6, 6.07) is 16.2. The first kappa shape index (κ1) is 21.7. The van der Waals surface area contributed by atoms with Gasteiger partial charge in [-0.1, -0.05) is 42.5 Å². The molecule has 0 radical (unpaired) electrons. The number of amides is 1. The van der Waals surface area contributed by atoms with Gasteiger partial charge in [0, 0.05) is 13.7 Å². The van der Waals surface area contributed by atoms with E-state index in [-0.39, 0.29) is 19.6 Å². The van der Waals surface area contributed by atoms with Gasteiger partial charge in [0.15, 0.2) is 0 Å². The predicted molar refractivity (Wildman–Crippen MR) is 104 cm³/mol. The summed E-state index contributed by atoms with van der Waals surface area (Å²) in [7, 11) is 1.60. The zero-order valence-electron chi connectivity index (χ0n) is 15.9. The lowest BCUT2D eigenvalue weighted by molar-refractivity contribution is 0.0136. The van der Waals surface area contributed by atoms with Crippen LogP contribution in [0.15, 0.2) is 54.6 Å². The van der Waals surface area contributed by atoms with Gasteiger partial charge in [0.1, 0.15) is 25.1 Å². The van der Waals surface area contributed by atoms with Crippen molar-refractivity contribution in [1.82, 2.24) is 5.32 Å². The fourth-order valence-corrected chi connectivity index (χ4v) is 2.48. The number of aliphatic hydroxyl groups excluding tert-OH is 2. The van der Waals surface area contributed by atoms with Crippen LogP contribution in [0.25, 0.3) is 0 Å². The molecular weight excluding hydrogens is 362 g/mol. The molecule has 2 aromatic rings. The first-order chi connectivity index (χ1) is 13.6. The van der Waals surface area contributed by atoms with Crippen LogP contribution in [0.1, 0.15) is 23.7 Å². The number of carbonyl (C=O) groups excluding carboxylic acids is 1. The monoisotopic (exact) mass is 389 g/mol. The Morgan fingerprint density at radius 1 is 1.04 bits per heavy atom. The molecule has 0 aliphatic rings. The van der Waals surface area contributed by atoms with Crippen LogP contribution in [0.5, 0.6) is 5.75 Å². The lowest BCUT2D eigenvalue weighted by Crippen LogP contribution is -2.29. The number of nitrogens with one attached hydrogen (secondary N) is 1. The van der Waals surface area contributed by atoms with Gasteiger partial charge in [-0.15, -0.1) is 0 Å². The summed E-state index contributed by atoms with van der Waals surface area (Å²) < 4.78 is 15.5. The number of hydrogen-bond acceptors (Lipinski definition) is 6. The maximum Gasteiger partial charge on any atom is 0.407 e. The van der Waals surface area contributed by atoms with E-state index in [2.05, 4.69) is 5.32 Å². The van der Waals surface area contributed by atoms with Gasteiger partial charge in [0.2, 0.25) is 0 Å². The molecule has 2 aromatic carbocycles. The van der Waals surface area contributed by atoms with Crippen LogP contribution < -0.4 is 10.1 Å². The fraction of sp³-hybridized carbons (Fsp3) is 0.381. The largest absolute Gasteiger partial charge is 0.491 e. The number of rotatable bonds is 11. The summed E-state index contributed by atoms with van der Waals surface area (Å²) in [6.07, 6.45) is -2.46. The molecule has 152 valence electrons. The minimum atomic E-state index is -1.06. The first-order valence-electron chi connectivity index (χ1n) is 9.12. The van der Waals surface area contributed by atoms with Crippen LogP contribution in [0.3, 0.4) is 0 Å². The lowest BCUT2D eigenvalue weighted by atomic mass is 10.0. The molecule has 0 bridgehead atoms. The molecule has 0 saturated carbocycles. The van der Waals surface area contributed by atoms with Crippen LogP contribution in [0.4, 0.5) is 4.79 Å². The number of benzene rings is 2. The quantitative estimate of drug-likeness (QED) is 0.511. The van der Waals surface area contributed by atoms with Crippen LogP contribution in [-0.2, 0) is 16.1 Å². The van der Waals surface area contributed by atoms with Crippen molar-refractivity contribution in [2.24, 2.45) is 0 Å². The predicted octanol–water partition coefficient (Wildman–Crippen LogP) is 2.42. The molecule has 0 saturated heterocycles. The van der Waals surface area contributed by atoms with Crippen LogP contribution in [0, 0.1) is 0 Å². The third-order valence-corrected chi connectivity index (χ3v) is 4.06. The number of ether oxygens (including phenoxy) is 3. The summed E-state index contributed by atoms with van der Waals surface area (Å²) >= 11 is 0. The molecule has 28 heavy (non-hydrogen) atoms. The highest BCUT2D eigenvalue weighted by Crippen LogP contribution is 2.21. The number of methoxy groups -OCH3 is 1. The molecule has 7 heteroatoms. The molecule has 0 aromatic heterocycles. The van der Waals surface area contributed by atoms with E-state index in [9.17, 15) is 15.0 Å².